The molecule has 2 atom stereocenters. The summed E-state index contributed by atoms with van der Waals surface area (Å²) in [7, 11) is 2.22. The van der Waals surface area contributed by atoms with Crippen LogP contribution in [-0.2, 0) is 5.54 Å². The van der Waals surface area contributed by atoms with Gasteiger partial charge in [0.2, 0.25) is 0 Å². The summed E-state index contributed by atoms with van der Waals surface area (Å²) in [5.41, 5.74) is 1.23. The van der Waals surface area contributed by atoms with Gasteiger partial charge in [0.25, 0.3) is 0 Å². The lowest BCUT2D eigenvalue weighted by Crippen LogP contribution is -2.55. The summed E-state index contributed by atoms with van der Waals surface area (Å²) >= 11 is 1.81. The average molecular weight is 267 g/mol. The van der Waals surface area contributed by atoms with Gasteiger partial charge in [-0.15, -0.1) is 11.3 Å². The molecule has 1 saturated heterocycles. The Morgan fingerprint density at radius 2 is 2.28 bits per heavy atom. The molecular formula is C14H25N3S. The number of aromatic nitrogens is 1. The molecule has 3 nitrogen and oxygen atoms in total. The molecule has 0 aromatic carbocycles. The molecule has 1 fully saturated rings. The van der Waals surface area contributed by atoms with Gasteiger partial charge in [0.1, 0.15) is 5.01 Å². The van der Waals surface area contributed by atoms with E-state index in [1.807, 2.05) is 11.3 Å². The van der Waals surface area contributed by atoms with E-state index >= 15 is 0 Å². The Balaban J connectivity index is 2.29. The molecule has 1 aromatic rings. The van der Waals surface area contributed by atoms with Crippen molar-refractivity contribution in [1.82, 2.24) is 15.2 Å². The van der Waals surface area contributed by atoms with Gasteiger partial charge in [-0.25, -0.2) is 4.98 Å². The highest BCUT2D eigenvalue weighted by Crippen LogP contribution is 2.37. The summed E-state index contributed by atoms with van der Waals surface area (Å²) in [6.07, 6.45) is 2.30. The quantitative estimate of drug-likeness (QED) is 0.913. The predicted molar refractivity (Wildman–Crippen MR) is 78.1 cm³/mol. The van der Waals surface area contributed by atoms with Crippen molar-refractivity contribution in [2.75, 3.05) is 13.6 Å². The smallest absolute Gasteiger partial charge is 0.113 e. The highest BCUT2D eigenvalue weighted by atomic mass is 32.1. The maximum absolute atomic E-state index is 4.76. The molecule has 2 heterocycles. The number of nitrogens with zero attached hydrogens (tertiary/aromatic N) is 2. The van der Waals surface area contributed by atoms with Gasteiger partial charge in [-0.05, 0) is 47.6 Å². The monoisotopic (exact) mass is 267 g/mol. The largest absolute Gasteiger partial charge is 0.304 e. The van der Waals surface area contributed by atoms with Crippen LogP contribution in [0.5, 0.6) is 0 Å². The van der Waals surface area contributed by atoms with Crippen LogP contribution in [0.2, 0.25) is 0 Å². The van der Waals surface area contributed by atoms with Crippen LogP contribution < -0.4 is 5.32 Å². The van der Waals surface area contributed by atoms with E-state index in [-0.39, 0.29) is 5.54 Å². The molecule has 0 spiro atoms. The summed E-state index contributed by atoms with van der Waals surface area (Å²) in [5, 5.41) is 7.24. The molecule has 2 rings (SSSR count). The first kappa shape index (κ1) is 14.0. The number of piperidine rings is 1. The second-order valence-electron chi connectivity index (χ2n) is 5.96. The van der Waals surface area contributed by atoms with Crippen molar-refractivity contribution in [2.24, 2.45) is 0 Å². The number of hydrogen-bond donors (Lipinski definition) is 1. The zero-order valence-electron chi connectivity index (χ0n) is 12.2. The third kappa shape index (κ3) is 2.76. The first-order valence-electron chi connectivity index (χ1n) is 6.83. The summed E-state index contributed by atoms with van der Waals surface area (Å²) in [6, 6.07) is 1.10. The first-order valence-corrected chi connectivity index (χ1v) is 7.71. The van der Waals surface area contributed by atoms with E-state index in [1.165, 1.54) is 5.01 Å². The molecule has 0 saturated carbocycles. The fourth-order valence-electron chi connectivity index (χ4n) is 2.86. The molecule has 102 valence electrons. The molecule has 0 aliphatic carbocycles. The predicted octanol–water partition coefficient (Wildman–Crippen LogP) is 2.76. The second-order valence-corrected chi connectivity index (χ2v) is 6.82. The Labute approximate surface area is 115 Å². The normalized spacial score (nSPS) is 30.0. The number of aryl methyl sites for hydroxylation is 1. The number of likely N-dealkylation sites (tertiary alicyclic amines) is 1. The van der Waals surface area contributed by atoms with Crippen molar-refractivity contribution in [1.29, 1.82) is 0 Å². The van der Waals surface area contributed by atoms with E-state index in [9.17, 15) is 0 Å². The highest BCUT2D eigenvalue weighted by molar-refractivity contribution is 7.09. The van der Waals surface area contributed by atoms with Gasteiger partial charge >= 0.3 is 0 Å². The Bertz CT molecular complexity index is 401. The molecule has 0 bridgehead atoms. The van der Waals surface area contributed by atoms with Crippen LogP contribution in [0.4, 0.5) is 0 Å². The molecule has 0 amide bonds. The number of thiazole rings is 1. The van der Waals surface area contributed by atoms with Crippen molar-refractivity contribution >= 4 is 11.3 Å². The zero-order chi connectivity index (χ0) is 13.3. The topological polar surface area (TPSA) is 28.2 Å². The van der Waals surface area contributed by atoms with Gasteiger partial charge in [0.05, 0.1) is 5.54 Å². The van der Waals surface area contributed by atoms with E-state index in [1.54, 1.807) is 0 Å². The third-order valence-corrected chi connectivity index (χ3v) is 5.05. The van der Waals surface area contributed by atoms with Gasteiger partial charge < -0.3 is 10.2 Å². The third-order valence-electron chi connectivity index (χ3n) is 3.88. The summed E-state index contributed by atoms with van der Waals surface area (Å²) < 4.78 is 0. The molecule has 18 heavy (non-hydrogen) atoms. The Morgan fingerprint density at radius 1 is 1.56 bits per heavy atom. The van der Waals surface area contributed by atoms with Gasteiger partial charge in [-0.1, -0.05) is 0 Å². The van der Waals surface area contributed by atoms with Crippen LogP contribution in [0.25, 0.3) is 0 Å². The minimum atomic E-state index is 0.0824. The summed E-state index contributed by atoms with van der Waals surface area (Å²) in [4.78, 5) is 7.20. The van der Waals surface area contributed by atoms with Crippen molar-refractivity contribution in [3.05, 3.63) is 16.1 Å². The van der Waals surface area contributed by atoms with Gasteiger partial charge in [-0.3, -0.25) is 0 Å². The lowest BCUT2D eigenvalue weighted by Gasteiger charge is -2.45. The molecule has 0 radical (unpaired) electrons. The van der Waals surface area contributed by atoms with Crippen LogP contribution >= 0.6 is 11.3 Å². The number of hydrogen-bond acceptors (Lipinski definition) is 4. The first-order chi connectivity index (χ1) is 8.43. The Morgan fingerprint density at radius 3 is 2.78 bits per heavy atom. The maximum Gasteiger partial charge on any atom is 0.113 e. The summed E-state index contributed by atoms with van der Waals surface area (Å²) in [5.74, 6) is 0. The second kappa shape index (κ2) is 5.27. The van der Waals surface area contributed by atoms with E-state index in [4.69, 9.17) is 4.98 Å². The molecule has 2 unspecified atom stereocenters. The molecule has 1 aliphatic rings. The fourth-order valence-corrected chi connectivity index (χ4v) is 3.86. The van der Waals surface area contributed by atoms with Crippen LogP contribution in [-0.4, -0.2) is 35.6 Å². The van der Waals surface area contributed by atoms with E-state index in [0.29, 0.717) is 12.1 Å². The average Bonchev–Trinajstić information content (AvgIpc) is 2.70. The minimum Gasteiger partial charge on any atom is -0.304 e. The van der Waals surface area contributed by atoms with Crippen LogP contribution in [0.1, 0.15) is 44.3 Å². The number of rotatable bonds is 3. The standard InChI is InChI=1S/C14H25N3S/c1-10(2)16-14(13-15-11(3)9-18-13)6-7-17(5)12(4)8-14/h9-10,12,16H,6-8H2,1-5H3. The lowest BCUT2D eigenvalue weighted by atomic mass is 9.83. The summed E-state index contributed by atoms with van der Waals surface area (Å²) in [6.45, 7) is 9.99. The SMILES string of the molecule is Cc1csc(C2(NC(C)C)CCN(C)C(C)C2)n1. The van der Waals surface area contributed by atoms with Crippen LogP contribution in [0.3, 0.4) is 0 Å². The number of nitrogens with one attached hydrogen (secondary N) is 1. The highest BCUT2D eigenvalue weighted by Gasteiger charge is 2.40. The molecular weight excluding hydrogens is 242 g/mol. The van der Waals surface area contributed by atoms with Crippen LogP contribution in [0.15, 0.2) is 5.38 Å². The van der Waals surface area contributed by atoms with E-state index in [0.717, 1.165) is 25.1 Å². The van der Waals surface area contributed by atoms with Gasteiger partial charge in [0, 0.05) is 29.7 Å². The zero-order valence-corrected chi connectivity index (χ0v) is 13.0. The fraction of sp³-hybridized carbons (Fsp3) is 0.786. The maximum atomic E-state index is 4.76. The Kier molecular flexibility index (Phi) is 4.09. The Hall–Kier alpha value is -0.450. The van der Waals surface area contributed by atoms with Crippen molar-refractivity contribution < 1.29 is 0 Å². The van der Waals surface area contributed by atoms with E-state index in [2.05, 4.69) is 50.3 Å². The molecule has 1 aromatic heterocycles. The lowest BCUT2D eigenvalue weighted by molar-refractivity contribution is 0.0992. The van der Waals surface area contributed by atoms with E-state index < -0.39 is 0 Å². The molecule has 1 N–H and O–H groups in total. The van der Waals surface area contributed by atoms with Crippen molar-refractivity contribution in [3.8, 4) is 0 Å². The van der Waals surface area contributed by atoms with Gasteiger partial charge in [0.15, 0.2) is 0 Å². The van der Waals surface area contributed by atoms with Crippen molar-refractivity contribution in [3.63, 3.8) is 0 Å². The van der Waals surface area contributed by atoms with Crippen molar-refractivity contribution in [2.45, 2.75) is 58.2 Å². The molecule has 4 heteroatoms. The minimum absolute atomic E-state index is 0.0824. The molecule has 1 aliphatic heterocycles. The van der Waals surface area contributed by atoms with Crippen LogP contribution in [0, 0.1) is 6.92 Å². The van der Waals surface area contributed by atoms with Gasteiger partial charge in [-0.2, -0.15) is 0 Å².